The maximum Gasteiger partial charge on any atom is 0.327 e. The first kappa shape index (κ1) is 53.4. The van der Waals surface area contributed by atoms with Crippen molar-refractivity contribution >= 4 is 34.1 Å². The number of nitrogens with zero attached hydrogens (tertiary/aromatic N) is 4. The Morgan fingerprint density at radius 2 is 1.72 bits per heavy atom. The number of amides is 1. The minimum absolute atomic E-state index is 0.0229. The predicted molar refractivity (Wildman–Crippen MR) is 257 cm³/mol. The molecule has 2 aromatic rings. The summed E-state index contributed by atoms with van der Waals surface area (Å²) in [5, 5.41) is 56.4. The van der Waals surface area contributed by atoms with Crippen LogP contribution in [0.15, 0.2) is 58.0 Å². The lowest BCUT2D eigenvalue weighted by atomic mass is 9.80. The van der Waals surface area contributed by atoms with Gasteiger partial charge in [0.2, 0.25) is 0 Å². The van der Waals surface area contributed by atoms with Crippen molar-refractivity contribution in [2.24, 2.45) is 51.2 Å². The quantitative estimate of drug-likeness (QED) is 0.0801. The number of likely N-dealkylation sites (tertiary alicyclic amines) is 1. The SMILES string of the molecule is C/C1=C/C=C/C(C)C[C@@H](C)C(O)[C@@H](C)C(OC(=O)CN(N)/C=C(\N)CCO)[C@H](C)C/C=C/OC2(C)Oc3c(C)c(O)c4c(O)c(c5c(c4c3C2=O)=NC2(CCN(CC(C)C)CC2)N=5)NC1=O.CO. The van der Waals surface area contributed by atoms with E-state index in [2.05, 4.69) is 24.1 Å². The van der Waals surface area contributed by atoms with Crippen molar-refractivity contribution < 1.29 is 54.1 Å². The van der Waals surface area contributed by atoms with Crippen LogP contribution in [0.2, 0.25) is 0 Å². The standard InChI is InChI=1S/C49H69N7O10.CH4O/c1-26(2)23-55-18-16-49(17-19-55)53-38-35-36-42(60)32(8)45-37(35)46(62)48(9,66-45)64-21-11-14-28(4)44(65-34(58)25-56(51)24-33(50)15-20-57)31(7)41(59)30(6)22-27(3)12-10-13-29(5)47(63)52-40(43(36)61)39(38)54-49;1-2/h10-13,21,24,26-28,30-31,41,44,57,59-61H,14-20,22-23,25,50-51H2,1-9H3,(H,52,63);2H,1H3/b12-10+,21-11+,29-13-,33-24-;/t27?,28-,30-,31-,41?,44?,48?;/m1./s1. The minimum atomic E-state index is -1.92. The van der Waals surface area contributed by atoms with Crippen LogP contribution in [0.25, 0.3) is 10.8 Å². The van der Waals surface area contributed by atoms with E-state index in [1.54, 1.807) is 32.1 Å². The molecular weight excluding hydrogens is 875 g/mol. The van der Waals surface area contributed by atoms with Gasteiger partial charge in [-0.1, -0.05) is 59.8 Å². The van der Waals surface area contributed by atoms with Crippen LogP contribution in [-0.2, 0) is 19.1 Å². The van der Waals surface area contributed by atoms with Gasteiger partial charge in [0.05, 0.1) is 28.7 Å². The van der Waals surface area contributed by atoms with E-state index in [0.717, 1.165) is 18.7 Å². The van der Waals surface area contributed by atoms with E-state index >= 15 is 0 Å². The van der Waals surface area contributed by atoms with Gasteiger partial charge in [0.25, 0.3) is 11.7 Å². The Bertz CT molecular complexity index is 2460. The number of esters is 1. The molecule has 0 aliphatic carbocycles. The highest BCUT2D eigenvalue weighted by molar-refractivity contribution is 6.19. The molecule has 1 saturated heterocycles. The Morgan fingerprint density at radius 3 is 2.37 bits per heavy atom. The van der Waals surface area contributed by atoms with Gasteiger partial charge in [-0.15, -0.1) is 0 Å². The average molecular weight is 948 g/mol. The number of aromatic hydroxyl groups is 2. The number of ether oxygens (including phenoxy) is 3. The summed E-state index contributed by atoms with van der Waals surface area (Å²) in [5.74, 6) is 0.851. The summed E-state index contributed by atoms with van der Waals surface area (Å²) in [7, 11) is 1.00. The van der Waals surface area contributed by atoms with Crippen LogP contribution in [0.3, 0.4) is 0 Å². The number of piperidine rings is 1. The molecule has 5 bridgehead atoms. The predicted octanol–water partition coefficient (Wildman–Crippen LogP) is 4.10. The number of Topliss-reactive ketones (excluding diaryl/α,β-unsaturated/α-hetero) is 1. The van der Waals surface area contributed by atoms with Gasteiger partial charge in [-0.05, 0) is 56.4 Å². The van der Waals surface area contributed by atoms with Gasteiger partial charge in [0, 0.05) is 93.9 Å². The lowest BCUT2D eigenvalue weighted by molar-refractivity contribution is -0.159. The topological polar surface area (TPSA) is 275 Å². The molecule has 0 saturated carbocycles. The number of carbonyl (C=O) groups is 3. The smallest absolute Gasteiger partial charge is 0.327 e. The molecule has 1 amide bonds. The summed E-state index contributed by atoms with van der Waals surface area (Å²) in [6, 6.07) is 0. The number of hydrazine groups is 1. The molecule has 5 aliphatic heterocycles. The van der Waals surface area contributed by atoms with Crippen LogP contribution in [-0.4, -0.2) is 117 Å². The summed E-state index contributed by atoms with van der Waals surface area (Å²) >= 11 is 0. The molecule has 374 valence electrons. The van der Waals surface area contributed by atoms with Crippen molar-refractivity contribution in [1.82, 2.24) is 9.91 Å². The first-order valence-electron chi connectivity index (χ1n) is 23.5. The first-order chi connectivity index (χ1) is 32.1. The molecule has 5 aliphatic rings. The Kier molecular flexibility index (Phi) is 17.5. The number of hydrogen-bond acceptors (Lipinski definition) is 17. The average Bonchev–Trinajstić information content (AvgIpc) is 3.78. The van der Waals surface area contributed by atoms with Gasteiger partial charge >= 0.3 is 11.8 Å². The molecule has 4 unspecified atom stereocenters. The minimum Gasteiger partial charge on any atom is -0.507 e. The number of aliphatic hydroxyl groups is 3. The Balaban J connectivity index is 0.00000426. The second-order valence-electron chi connectivity index (χ2n) is 19.4. The van der Waals surface area contributed by atoms with Gasteiger partial charge < -0.3 is 60.7 Å². The lowest BCUT2D eigenvalue weighted by Crippen LogP contribution is -2.43. The Hall–Kier alpha value is -5.53. The van der Waals surface area contributed by atoms with Crippen molar-refractivity contribution in [3.63, 3.8) is 0 Å². The van der Waals surface area contributed by atoms with Crippen molar-refractivity contribution in [3.8, 4) is 17.2 Å². The summed E-state index contributed by atoms with van der Waals surface area (Å²) in [6.45, 7) is 18.4. The van der Waals surface area contributed by atoms with Gasteiger partial charge in [-0.3, -0.25) is 24.4 Å². The number of carbonyl (C=O) groups excluding carboxylic acids is 3. The number of allylic oxidation sites excluding steroid dienone is 4. The maximum atomic E-state index is 14.7. The normalized spacial score (nSPS) is 28.3. The molecular formula is C50H73N7O11. The molecule has 18 heteroatoms. The van der Waals surface area contributed by atoms with E-state index < -0.39 is 53.0 Å². The second-order valence-corrected chi connectivity index (χ2v) is 19.4. The number of phenols is 2. The fourth-order valence-corrected chi connectivity index (χ4v) is 9.59. The van der Waals surface area contributed by atoms with Crippen LogP contribution < -0.4 is 32.3 Å². The number of benzene rings is 2. The molecule has 0 aromatic heterocycles. The second kappa shape index (κ2) is 22.3. The van der Waals surface area contributed by atoms with Crippen LogP contribution >= 0.6 is 0 Å². The molecule has 0 radical (unpaired) electrons. The van der Waals surface area contributed by atoms with Crippen LogP contribution in [0, 0.1) is 36.5 Å². The van der Waals surface area contributed by atoms with Gasteiger partial charge in [0.15, 0.2) is 11.4 Å². The fraction of sp³-hybridized carbons (Fsp3) is 0.580. The first-order valence-corrected chi connectivity index (χ1v) is 23.5. The third kappa shape index (κ3) is 11.5. The third-order valence-corrected chi connectivity index (χ3v) is 13.2. The van der Waals surface area contributed by atoms with E-state index in [9.17, 15) is 34.8 Å². The molecule has 1 fully saturated rings. The van der Waals surface area contributed by atoms with Crippen LogP contribution in [0.4, 0.5) is 5.69 Å². The number of phenolic OH excluding ortho intramolecular Hbond substituents is 2. The lowest BCUT2D eigenvalue weighted by Gasteiger charge is -2.36. The van der Waals surface area contributed by atoms with E-state index in [-0.39, 0.29) is 99.2 Å². The van der Waals surface area contributed by atoms with E-state index in [1.165, 1.54) is 19.4 Å². The number of nitrogens with two attached hydrogens (primary N) is 2. The van der Waals surface area contributed by atoms with E-state index in [1.807, 2.05) is 33.8 Å². The Morgan fingerprint density at radius 1 is 1.06 bits per heavy atom. The number of aliphatic hydroxyl groups excluding tert-OH is 3. The summed E-state index contributed by atoms with van der Waals surface area (Å²) < 4.78 is 18.5. The van der Waals surface area contributed by atoms with E-state index in [0.29, 0.717) is 43.8 Å². The number of fused-ring (bicyclic) bond motifs is 13. The summed E-state index contributed by atoms with van der Waals surface area (Å²) in [4.78, 5) is 54.7. The van der Waals surface area contributed by atoms with Crippen LogP contribution in [0.5, 0.6) is 17.2 Å². The van der Waals surface area contributed by atoms with Crippen molar-refractivity contribution in [2.75, 3.05) is 45.2 Å². The molecule has 7 atom stereocenters. The van der Waals surface area contributed by atoms with Gasteiger partial charge in [-0.25, -0.2) is 5.84 Å². The highest BCUT2D eigenvalue weighted by Gasteiger charge is 2.50. The molecule has 18 nitrogen and oxygen atoms in total. The van der Waals surface area contributed by atoms with Crippen LogP contribution in [0.1, 0.15) is 103 Å². The van der Waals surface area contributed by atoms with Crippen molar-refractivity contribution in [2.45, 2.75) is 118 Å². The fourth-order valence-electron chi connectivity index (χ4n) is 9.59. The zero-order chi connectivity index (χ0) is 50.4. The molecule has 5 heterocycles. The van der Waals surface area contributed by atoms with Gasteiger partial charge in [0.1, 0.15) is 35.2 Å². The number of anilines is 1. The van der Waals surface area contributed by atoms with Gasteiger partial charge in [-0.2, -0.15) is 0 Å². The third-order valence-electron chi connectivity index (χ3n) is 13.2. The Labute approximate surface area is 398 Å². The van der Waals surface area contributed by atoms with Crippen molar-refractivity contribution in [1.29, 1.82) is 0 Å². The monoisotopic (exact) mass is 948 g/mol. The number of rotatable bonds is 8. The largest absolute Gasteiger partial charge is 0.507 e. The summed E-state index contributed by atoms with van der Waals surface area (Å²) in [5.41, 5.74) is 5.74. The van der Waals surface area contributed by atoms with Crippen molar-refractivity contribution in [3.05, 3.63) is 69.9 Å². The zero-order valence-corrected chi connectivity index (χ0v) is 41.2. The maximum absolute atomic E-state index is 14.7. The van der Waals surface area contributed by atoms with E-state index in [4.69, 9.17) is 40.9 Å². The molecule has 68 heavy (non-hydrogen) atoms. The highest BCUT2D eigenvalue weighted by atomic mass is 16.7. The number of ketones is 1. The molecule has 1 spiro atoms. The summed E-state index contributed by atoms with van der Waals surface area (Å²) in [6.07, 6.45) is 10.2. The number of nitrogens with one attached hydrogen (secondary N) is 1. The molecule has 10 N–H and O–H groups in total. The molecule has 7 rings (SSSR count). The number of hydrogen-bond donors (Lipinski definition) is 8. The highest BCUT2D eigenvalue weighted by Crippen LogP contribution is 2.50. The molecule has 2 aromatic carbocycles. The zero-order valence-electron chi connectivity index (χ0n) is 41.2.